The summed E-state index contributed by atoms with van der Waals surface area (Å²) in [5.74, 6) is 0.776. The van der Waals surface area contributed by atoms with Crippen molar-refractivity contribution in [2.45, 2.75) is 31.7 Å². The van der Waals surface area contributed by atoms with Crippen molar-refractivity contribution < 1.29 is 14.6 Å². The van der Waals surface area contributed by atoms with Crippen molar-refractivity contribution in [1.29, 1.82) is 0 Å². The Morgan fingerprint density at radius 2 is 1.81 bits per heavy atom. The molecule has 0 aromatic heterocycles. The zero-order valence-electron chi connectivity index (χ0n) is 16.1. The van der Waals surface area contributed by atoms with E-state index >= 15 is 0 Å². The maximum atomic E-state index is 13.1. The molecule has 3 aliphatic rings. The number of carbonyl (C=O) groups excluding carboxylic acids is 1. The van der Waals surface area contributed by atoms with Gasteiger partial charge in [-0.15, -0.1) is 0 Å². The van der Waals surface area contributed by atoms with Crippen LogP contribution in [0.15, 0.2) is 24.3 Å². The first-order chi connectivity index (χ1) is 13.2. The van der Waals surface area contributed by atoms with Crippen molar-refractivity contribution >= 4 is 11.6 Å². The molecule has 148 valence electrons. The lowest BCUT2D eigenvalue weighted by molar-refractivity contribution is -0.138. The van der Waals surface area contributed by atoms with Gasteiger partial charge in [0.25, 0.3) is 0 Å². The maximum absolute atomic E-state index is 13.1. The number of piperazine rings is 1. The van der Waals surface area contributed by atoms with E-state index in [1.54, 1.807) is 12.1 Å². The van der Waals surface area contributed by atoms with Crippen molar-refractivity contribution in [2.24, 2.45) is 5.92 Å². The Kier molecular flexibility index (Phi) is 5.83. The topological polar surface area (TPSA) is 56.2 Å². The number of rotatable bonds is 3. The number of nitrogens with zero attached hydrogens (tertiary/aromatic N) is 3. The summed E-state index contributed by atoms with van der Waals surface area (Å²) in [5.41, 5.74) is 1.03. The van der Waals surface area contributed by atoms with Crippen LogP contribution in [0.25, 0.3) is 0 Å². The quantitative estimate of drug-likeness (QED) is 0.877. The highest BCUT2D eigenvalue weighted by molar-refractivity contribution is 5.79. The molecule has 3 saturated heterocycles. The summed E-state index contributed by atoms with van der Waals surface area (Å²) in [6, 6.07) is 7.97. The molecular formula is C21H31N3O3. The Bertz CT molecular complexity index is 639. The minimum atomic E-state index is 0.147. The molecule has 1 amide bonds. The van der Waals surface area contributed by atoms with Crippen LogP contribution in [-0.2, 0) is 9.53 Å². The lowest BCUT2D eigenvalue weighted by Gasteiger charge is -2.42. The van der Waals surface area contributed by atoms with E-state index in [0.29, 0.717) is 17.7 Å². The zero-order valence-corrected chi connectivity index (χ0v) is 16.1. The third-order valence-corrected chi connectivity index (χ3v) is 6.30. The van der Waals surface area contributed by atoms with Gasteiger partial charge in [0.1, 0.15) is 5.75 Å². The van der Waals surface area contributed by atoms with Crippen LogP contribution in [0.3, 0.4) is 0 Å². The SMILES string of the molecule is O=C([C@H]1CCCN(C2CCOCC2)C1)N1CCN(c2cccc(O)c2)CC1. The average molecular weight is 373 g/mol. The number of phenols is 1. The fraction of sp³-hybridized carbons (Fsp3) is 0.667. The van der Waals surface area contributed by atoms with Gasteiger partial charge in [-0.25, -0.2) is 0 Å². The predicted molar refractivity (Wildman–Crippen MR) is 105 cm³/mol. The number of ether oxygens (including phenoxy) is 1. The van der Waals surface area contributed by atoms with Gasteiger partial charge in [0.05, 0.1) is 5.92 Å². The summed E-state index contributed by atoms with van der Waals surface area (Å²) >= 11 is 0. The molecule has 3 aliphatic heterocycles. The maximum Gasteiger partial charge on any atom is 0.227 e. The van der Waals surface area contributed by atoms with Crippen molar-refractivity contribution in [3.05, 3.63) is 24.3 Å². The Labute approximate surface area is 161 Å². The summed E-state index contributed by atoms with van der Waals surface area (Å²) in [6.07, 6.45) is 4.34. The lowest BCUT2D eigenvalue weighted by atomic mass is 9.93. The normalized spacial score (nSPS) is 25.6. The van der Waals surface area contributed by atoms with Crippen LogP contribution < -0.4 is 4.90 Å². The van der Waals surface area contributed by atoms with Gasteiger partial charge in [0.15, 0.2) is 0 Å². The predicted octanol–water partition coefficient (Wildman–Crippen LogP) is 1.93. The molecule has 3 heterocycles. The van der Waals surface area contributed by atoms with Gasteiger partial charge in [-0.3, -0.25) is 9.69 Å². The van der Waals surface area contributed by atoms with Crippen LogP contribution in [0, 0.1) is 5.92 Å². The molecule has 1 aromatic carbocycles. The van der Waals surface area contributed by atoms with Gasteiger partial charge in [-0.2, -0.15) is 0 Å². The molecule has 0 aliphatic carbocycles. The van der Waals surface area contributed by atoms with E-state index in [-0.39, 0.29) is 5.92 Å². The molecule has 0 radical (unpaired) electrons. The highest BCUT2D eigenvalue weighted by Gasteiger charge is 2.33. The number of carbonyl (C=O) groups is 1. The summed E-state index contributed by atoms with van der Waals surface area (Å²) in [5, 5.41) is 9.68. The third-order valence-electron chi connectivity index (χ3n) is 6.30. The molecule has 0 bridgehead atoms. The molecule has 3 fully saturated rings. The second-order valence-corrected chi connectivity index (χ2v) is 8.01. The van der Waals surface area contributed by atoms with Gasteiger partial charge < -0.3 is 19.6 Å². The fourth-order valence-electron chi connectivity index (χ4n) is 4.72. The molecule has 1 aromatic rings. The molecule has 4 rings (SSSR count). The number of piperidine rings is 1. The van der Waals surface area contributed by atoms with E-state index in [2.05, 4.69) is 14.7 Å². The second-order valence-electron chi connectivity index (χ2n) is 8.01. The summed E-state index contributed by atoms with van der Waals surface area (Å²) in [7, 11) is 0. The Balaban J connectivity index is 1.31. The molecular weight excluding hydrogens is 342 g/mol. The second kappa shape index (κ2) is 8.48. The molecule has 27 heavy (non-hydrogen) atoms. The van der Waals surface area contributed by atoms with E-state index in [4.69, 9.17) is 4.74 Å². The van der Waals surface area contributed by atoms with Gasteiger partial charge in [0.2, 0.25) is 5.91 Å². The molecule has 1 atom stereocenters. The first kappa shape index (κ1) is 18.6. The first-order valence-corrected chi connectivity index (χ1v) is 10.4. The summed E-state index contributed by atoms with van der Waals surface area (Å²) in [6.45, 7) is 6.94. The minimum Gasteiger partial charge on any atom is -0.508 e. The van der Waals surface area contributed by atoms with Gasteiger partial charge in [-0.1, -0.05) is 6.07 Å². The largest absolute Gasteiger partial charge is 0.508 e. The number of hydrogen-bond donors (Lipinski definition) is 1. The number of amides is 1. The van der Waals surface area contributed by atoms with Crippen LogP contribution in [-0.4, -0.2) is 79.3 Å². The molecule has 6 heteroatoms. The number of aromatic hydroxyl groups is 1. The third kappa shape index (κ3) is 4.38. The lowest BCUT2D eigenvalue weighted by Crippen LogP contribution is -2.54. The van der Waals surface area contributed by atoms with Crippen molar-refractivity contribution in [3.63, 3.8) is 0 Å². The number of hydrogen-bond acceptors (Lipinski definition) is 5. The van der Waals surface area contributed by atoms with Gasteiger partial charge in [-0.05, 0) is 44.4 Å². The van der Waals surface area contributed by atoms with E-state index < -0.39 is 0 Å². The van der Waals surface area contributed by atoms with Gasteiger partial charge in [0, 0.05) is 63.7 Å². The Morgan fingerprint density at radius 3 is 2.56 bits per heavy atom. The Hall–Kier alpha value is -1.79. The number of anilines is 1. The molecule has 0 unspecified atom stereocenters. The molecule has 0 saturated carbocycles. The molecule has 0 spiro atoms. The van der Waals surface area contributed by atoms with Crippen LogP contribution in [0.5, 0.6) is 5.75 Å². The summed E-state index contributed by atoms with van der Waals surface area (Å²) < 4.78 is 5.49. The zero-order chi connectivity index (χ0) is 18.6. The van der Waals surface area contributed by atoms with E-state index in [1.165, 1.54) is 0 Å². The first-order valence-electron chi connectivity index (χ1n) is 10.4. The number of benzene rings is 1. The van der Waals surface area contributed by atoms with Crippen LogP contribution in [0.1, 0.15) is 25.7 Å². The minimum absolute atomic E-state index is 0.147. The number of likely N-dealkylation sites (tertiary alicyclic amines) is 1. The van der Waals surface area contributed by atoms with E-state index in [9.17, 15) is 9.90 Å². The van der Waals surface area contributed by atoms with Gasteiger partial charge >= 0.3 is 0 Å². The average Bonchev–Trinajstić information content (AvgIpc) is 2.74. The molecule has 1 N–H and O–H groups in total. The molecule has 6 nitrogen and oxygen atoms in total. The van der Waals surface area contributed by atoms with Crippen molar-refractivity contribution in [2.75, 3.05) is 57.4 Å². The standard InChI is InChI=1S/C21H31N3O3/c25-20-5-1-4-19(15-20)22-9-11-23(12-10-22)21(26)17-3-2-8-24(16-17)18-6-13-27-14-7-18/h1,4-5,15,17-18,25H,2-3,6-14,16H2/t17-/m0/s1. The van der Waals surface area contributed by atoms with Crippen LogP contribution in [0.4, 0.5) is 5.69 Å². The summed E-state index contributed by atoms with van der Waals surface area (Å²) in [4.78, 5) is 19.9. The highest BCUT2D eigenvalue weighted by Crippen LogP contribution is 2.26. The monoisotopic (exact) mass is 373 g/mol. The van der Waals surface area contributed by atoms with E-state index in [0.717, 1.165) is 83.9 Å². The van der Waals surface area contributed by atoms with E-state index in [1.807, 2.05) is 12.1 Å². The smallest absolute Gasteiger partial charge is 0.227 e. The van der Waals surface area contributed by atoms with Crippen LogP contribution in [0.2, 0.25) is 0 Å². The number of phenolic OH excluding ortho intramolecular Hbond substituents is 1. The van der Waals surface area contributed by atoms with Crippen molar-refractivity contribution in [1.82, 2.24) is 9.80 Å². The van der Waals surface area contributed by atoms with Crippen molar-refractivity contribution in [3.8, 4) is 5.75 Å². The highest BCUT2D eigenvalue weighted by atomic mass is 16.5. The Morgan fingerprint density at radius 1 is 1.04 bits per heavy atom. The fourth-order valence-corrected chi connectivity index (χ4v) is 4.72. The van der Waals surface area contributed by atoms with Crippen LogP contribution >= 0.6 is 0 Å².